The zero-order chi connectivity index (χ0) is 22.4. The topological polar surface area (TPSA) is 92.8 Å². The molecule has 1 aliphatic rings. The minimum absolute atomic E-state index is 0.0632. The number of amides is 2. The average molecular weight is 447 g/mol. The maximum absolute atomic E-state index is 13.1. The molecule has 0 saturated carbocycles. The molecule has 2 amide bonds. The third-order valence-electron chi connectivity index (χ3n) is 4.78. The quantitative estimate of drug-likeness (QED) is 0.382. The van der Waals surface area contributed by atoms with Crippen molar-refractivity contribution >= 4 is 35.2 Å². The molecule has 0 spiro atoms. The van der Waals surface area contributed by atoms with E-state index in [0.29, 0.717) is 5.56 Å². The van der Waals surface area contributed by atoms with Gasteiger partial charge in [0, 0.05) is 29.8 Å². The fourth-order valence-corrected chi connectivity index (χ4v) is 3.33. The van der Waals surface area contributed by atoms with Crippen LogP contribution in [0.15, 0.2) is 54.6 Å². The van der Waals surface area contributed by atoms with Gasteiger partial charge in [-0.1, -0.05) is 18.2 Å². The normalized spacial score (nSPS) is 16.6. The molecule has 1 saturated heterocycles. The zero-order valence-corrected chi connectivity index (χ0v) is 17.2. The van der Waals surface area contributed by atoms with Crippen LogP contribution in [0, 0.1) is 11.7 Å². The van der Waals surface area contributed by atoms with E-state index in [1.807, 2.05) is 0 Å². The van der Waals surface area contributed by atoms with Gasteiger partial charge in [-0.25, -0.2) is 4.39 Å². The Morgan fingerprint density at radius 1 is 1.10 bits per heavy atom. The Bertz CT molecular complexity index is 968. The van der Waals surface area contributed by atoms with E-state index < -0.39 is 41.4 Å². The summed E-state index contributed by atoms with van der Waals surface area (Å²) >= 11 is 5.74. The van der Waals surface area contributed by atoms with Crippen LogP contribution in [0.1, 0.15) is 33.6 Å². The molecular weight excluding hydrogens is 427 g/mol. The number of hydrogen-bond acceptors (Lipinski definition) is 5. The molecule has 2 atom stereocenters. The Balaban J connectivity index is 1.62. The lowest BCUT2D eigenvalue weighted by Gasteiger charge is -2.19. The van der Waals surface area contributed by atoms with E-state index in [-0.39, 0.29) is 30.8 Å². The molecule has 1 aliphatic heterocycles. The van der Waals surface area contributed by atoms with Crippen LogP contribution >= 0.6 is 11.6 Å². The first-order chi connectivity index (χ1) is 14.9. The van der Waals surface area contributed by atoms with Gasteiger partial charge in [-0.2, -0.15) is 0 Å². The van der Waals surface area contributed by atoms with E-state index in [0.717, 1.165) is 17.1 Å². The van der Waals surface area contributed by atoms with Crippen molar-refractivity contribution in [2.45, 2.75) is 18.9 Å². The highest BCUT2D eigenvalue weighted by Crippen LogP contribution is 2.21. The van der Waals surface area contributed by atoms with Gasteiger partial charge < -0.3 is 4.74 Å². The molecule has 0 radical (unpaired) electrons. The summed E-state index contributed by atoms with van der Waals surface area (Å²) in [5.41, 5.74) is 3.03. The van der Waals surface area contributed by atoms with Gasteiger partial charge in [0.25, 0.3) is 5.91 Å². The van der Waals surface area contributed by atoms with Crippen LogP contribution in [0.4, 0.5) is 4.39 Å². The van der Waals surface area contributed by atoms with Crippen molar-refractivity contribution in [2.24, 2.45) is 5.92 Å². The van der Waals surface area contributed by atoms with Crippen molar-refractivity contribution in [3.8, 4) is 0 Å². The van der Waals surface area contributed by atoms with Gasteiger partial charge in [0.05, 0.1) is 12.5 Å². The van der Waals surface area contributed by atoms with E-state index in [1.165, 1.54) is 12.1 Å². The minimum Gasteiger partial charge on any atom is -0.454 e. The predicted octanol–water partition coefficient (Wildman–Crippen LogP) is 2.74. The minimum atomic E-state index is -1.15. The lowest BCUT2D eigenvalue weighted by molar-refractivity contribution is -0.151. The summed E-state index contributed by atoms with van der Waals surface area (Å²) in [5.74, 6) is -3.44. The number of ketones is 1. The fraction of sp³-hybridized carbons (Fsp3) is 0.273. The van der Waals surface area contributed by atoms with E-state index in [2.05, 4.69) is 5.43 Å². The summed E-state index contributed by atoms with van der Waals surface area (Å²) in [7, 11) is 0. The monoisotopic (exact) mass is 446 g/mol. The molecule has 0 aliphatic carbocycles. The Hall–Kier alpha value is -3.26. The van der Waals surface area contributed by atoms with Crippen LogP contribution in [0.25, 0.3) is 0 Å². The number of ether oxygens (including phenoxy) is 1. The molecule has 7 nitrogen and oxygen atoms in total. The predicted molar refractivity (Wildman–Crippen MR) is 110 cm³/mol. The third-order valence-corrected chi connectivity index (χ3v) is 5.00. The number of nitrogens with zero attached hydrogens (tertiary/aromatic N) is 1. The summed E-state index contributed by atoms with van der Waals surface area (Å²) in [6.07, 6.45) is -1.25. The molecular formula is C22H20ClFN2O5. The lowest BCUT2D eigenvalue weighted by atomic mass is 10.0. The summed E-state index contributed by atoms with van der Waals surface area (Å²) in [5, 5.41) is 1.07. The molecule has 1 fully saturated rings. The molecule has 2 aromatic carbocycles. The molecule has 31 heavy (non-hydrogen) atoms. The molecule has 1 heterocycles. The first-order valence-electron chi connectivity index (χ1n) is 9.61. The number of alkyl halides is 1. The van der Waals surface area contributed by atoms with Crippen LogP contribution in [0.3, 0.4) is 0 Å². The number of carbonyl (C=O) groups is 4. The van der Waals surface area contributed by atoms with Crippen LogP contribution in [0.5, 0.6) is 0 Å². The highest BCUT2D eigenvalue weighted by Gasteiger charge is 2.38. The summed E-state index contributed by atoms with van der Waals surface area (Å²) in [6.45, 7) is -0.0748. The van der Waals surface area contributed by atoms with Crippen molar-refractivity contribution in [1.82, 2.24) is 10.4 Å². The second kappa shape index (κ2) is 10.2. The van der Waals surface area contributed by atoms with Crippen LogP contribution in [-0.4, -0.2) is 47.1 Å². The van der Waals surface area contributed by atoms with Gasteiger partial charge in [-0.3, -0.25) is 29.6 Å². The van der Waals surface area contributed by atoms with Crippen molar-refractivity contribution in [1.29, 1.82) is 0 Å². The number of rotatable bonds is 8. The van der Waals surface area contributed by atoms with Crippen molar-refractivity contribution in [3.63, 3.8) is 0 Å². The fourth-order valence-electron chi connectivity index (χ4n) is 3.13. The van der Waals surface area contributed by atoms with Gasteiger partial charge in [0.1, 0.15) is 5.82 Å². The van der Waals surface area contributed by atoms with Gasteiger partial charge >= 0.3 is 5.97 Å². The van der Waals surface area contributed by atoms with Gasteiger partial charge in [0.2, 0.25) is 11.7 Å². The molecule has 0 unspecified atom stereocenters. The molecule has 1 N–H and O–H groups in total. The first-order valence-corrected chi connectivity index (χ1v) is 10.1. The number of hydrazine groups is 1. The van der Waals surface area contributed by atoms with Crippen LogP contribution in [-0.2, 0) is 14.3 Å². The van der Waals surface area contributed by atoms with Crippen LogP contribution < -0.4 is 5.43 Å². The van der Waals surface area contributed by atoms with Gasteiger partial charge in [0.15, 0.2) is 6.10 Å². The Morgan fingerprint density at radius 3 is 2.42 bits per heavy atom. The number of nitrogens with one attached hydrogen (secondary N) is 1. The largest absolute Gasteiger partial charge is 0.454 e. The van der Waals surface area contributed by atoms with Crippen LogP contribution in [0.2, 0.25) is 0 Å². The maximum atomic E-state index is 13.1. The highest BCUT2D eigenvalue weighted by molar-refractivity contribution is 6.18. The van der Waals surface area contributed by atoms with E-state index in [9.17, 15) is 23.6 Å². The zero-order valence-electron chi connectivity index (χ0n) is 16.4. The molecule has 2 aromatic rings. The Labute approximate surface area is 183 Å². The molecule has 0 aromatic heterocycles. The molecule has 9 heteroatoms. The summed E-state index contributed by atoms with van der Waals surface area (Å²) in [6, 6.07) is 13.2. The second-order valence-corrected chi connectivity index (χ2v) is 7.36. The third kappa shape index (κ3) is 5.67. The smallest absolute Gasteiger partial charge is 0.312 e. The van der Waals surface area contributed by atoms with E-state index in [1.54, 1.807) is 30.3 Å². The Morgan fingerprint density at radius 2 is 1.77 bits per heavy atom. The lowest BCUT2D eigenvalue weighted by Crippen LogP contribution is -2.43. The summed E-state index contributed by atoms with van der Waals surface area (Å²) in [4.78, 5) is 49.7. The van der Waals surface area contributed by atoms with Gasteiger partial charge in [-0.15, -0.1) is 11.6 Å². The maximum Gasteiger partial charge on any atom is 0.312 e. The number of halogens is 2. The molecule has 3 rings (SSSR count). The summed E-state index contributed by atoms with van der Waals surface area (Å²) < 4.78 is 18.5. The number of hydrogen-bond donors (Lipinski definition) is 1. The standard InChI is InChI=1S/C22H20ClFN2O5/c23-11-10-18(20(28)14-6-8-17(24)9-7-14)31-22(30)16-12-19(27)26(13-16)25-21(29)15-4-2-1-3-5-15/h1-9,16,18H,10-13H2,(H,25,29)/t16-,18-/m0/s1. The second-order valence-electron chi connectivity index (χ2n) is 6.99. The molecule has 162 valence electrons. The highest BCUT2D eigenvalue weighted by atomic mass is 35.5. The number of carbonyl (C=O) groups excluding carboxylic acids is 4. The first kappa shape index (κ1) is 22.4. The number of Topliss-reactive ketones (excluding diaryl/α,β-unsaturated/α-hetero) is 1. The average Bonchev–Trinajstić information content (AvgIpc) is 3.14. The van der Waals surface area contributed by atoms with Crippen molar-refractivity contribution < 1.29 is 28.3 Å². The van der Waals surface area contributed by atoms with Gasteiger partial charge in [-0.05, 0) is 36.4 Å². The Kier molecular flexibility index (Phi) is 7.36. The van der Waals surface area contributed by atoms with Crippen molar-refractivity contribution in [2.75, 3.05) is 12.4 Å². The SMILES string of the molecule is O=C(NN1C[C@@H](C(=O)O[C@@H](CCCl)C(=O)c2ccc(F)cc2)CC1=O)c1ccccc1. The van der Waals surface area contributed by atoms with E-state index in [4.69, 9.17) is 16.3 Å². The van der Waals surface area contributed by atoms with Crippen molar-refractivity contribution in [3.05, 3.63) is 71.5 Å². The molecule has 0 bridgehead atoms. The number of benzene rings is 2. The number of esters is 1. The van der Waals surface area contributed by atoms with E-state index >= 15 is 0 Å².